The van der Waals surface area contributed by atoms with Gasteiger partial charge in [-0.2, -0.15) is 0 Å². The Morgan fingerprint density at radius 2 is 1.96 bits per heavy atom. The smallest absolute Gasteiger partial charge is 0.276 e. The maximum atomic E-state index is 12.1. The summed E-state index contributed by atoms with van der Waals surface area (Å²) in [6.07, 6.45) is 0. The van der Waals surface area contributed by atoms with Crippen LogP contribution in [0.15, 0.2) is 47.8 Å². The van der Waals surface area contributed by atoms with E-state index in [1.807, 2.05) is 35.7 Å². The highest BCUT2D eigenvalue weighted by atomic mass is 32.1. The molecular formula is C16H16N6O2S. The topological polar surface area (TPSA) is 115 Å². The lowest BCUT2D eigenvalue weighted by molar-refractivity contribution is -0.116. The number of nitrogens with one attached hydrogen (secondary N) is 2. The molecule has 0 fully saturated rings. The molecule has 2 aromatic heterocycles. The second kappa shape index (κ2) is 7.58. The van der Waals surface area contributed by atoms with Crippen LogP contribution in [0.2, 0.25) is 0 Å². The van der Waals surface area contributed by atoms with E-state index >= 15 is 0 Å². The molecule has 3 rings (SSSR count). The zero-order valence-corrected chi connectivity index (χ0v) is 14.0. The number of nitrogens with zero attached hydrogens (tertiary/aromatic N) is 3. The Bertz CT molecular complexity index is 860. The predicted octanol–water partition coefficient (Wildman–Crippen LogP) is 1.49. The van der Waals surface area contributed by atoms with Crippen molar-refractivity contribution in [1.29, 1.82) is 0 Å². The van der Waals surface area contributed by atoms with Crippen LogP contribution in [-0.2, 0) is 17.9 Å². The number of thiophene rings is 1. The van der Waals surface area contributed by atoms with Gasteiger partial charge in [0.05, 0.1) is 6.54 Å². The van der Waals surface area contributed by atoms with Gasteiger partial charge in [-0.05, 0) is 23.6 Å². The summed E-state index contributed by atoms with van der Waals surface area (Å²) in [5.74, 6) is -0.694. The standard InChI is InChI=1S/C16H16N6O2S/c17-15-14(16(24)18-9-12-7-4-8-25-12)20-21-22(15)10-13(23)19-11-5-2-1-3-6-11/h1-8H,9-10,17H2,(H,18,24)(H,19,23). The summed E-state index contributed by atoms with van der Waals surface area (Å²) >= 11 is 1.54. The fourth-order valence-corrected chi connectivity index (χ4v) is 2.77. The van der Waals surface area contributed by atoms with Gasteiger partial charge >= 0.3 is 0 Å². The molecular weight excluding hydrogens is 340 g/mol. The van der Waals surface area contributed by atoms with Crippen molar-refractivity contribution in [3.8, 4) is 0 Å². The number of amides is 2. The first kappa shape index (κ1) is 16.7. The minimum atomic E-state index is -0.430. The molecule has 2 amide bonds. The van der Waals surface area contributed by atoms with Crippen LogP contribution in [0.1, 0.15) is 15.4 Å². The monoisotopic (exact) mass is 356 g/mol. The Labute approximate surface area is 147 Å². The molecule has 8 nitrogen and oxygen atoms in total. The van der Waals surface area contributed by atoms with Crippen LogP contribution in [0.5, 0.6) is 0 Å². The first-order valence-corrected chi connectivity index (χ1v) is 8.36. The molecule has 0 spiro atoms. The van der Waals surface area contributed by atoms with Gasteiger partial charge in [0.15, 0.2) is 11.5 Å². The van der Waals surface area contributed by atoms with Gasteiger partial charge < -0.3 is 16.4 Å². The van der Waals surface area contributed by atoms with Gasteiger partial charge in [0.1, 0.15) is 6.54 Å². The zero-order chi connectivity index (χ0) is 17.6. The lowest BCUT2D eigenvalue weighted by Crippen LogP contribution is -2.24. The Morgan fingerprint density at radius 1 is 1.16 bits per heavy atom. The van der Waals surface area contributed by atoms with Crippen molar-refractivity contribution in [3.63, 3.8) is 0 Å². The number of anilines is 2. The second-order valence-corrected chi connectivity index (χ2v) is 6.19. The van der Waals surface area contributed by atoms with E-state index < -0.39 is 5.91 Å². The van der Waals surface area contributed by atoms with Crippen LogP contribution in [0.25, 0.3) is 0 Å². The number of hydrogen-bond acceptors (Lipinski definition) is 6. The van der Waals surface area contributed by atoms with Crippen molar-refractivity contribution in [2.24, 2.45) is 0 Å². The van der Waals surface area contributed by atoms with Crippen molar-refractivity contribution >= 4 is 34.7 Å². The Hall–Kier alpha value is -3.20. The first-order chi connectivity index (χ1) is 12.1. The molecule has 2 heterocycles. The molecule has 0 aliphatic rings. The van der Waals surface area contributed by atoms with E-state index in [2.05, 4.69) is 20.9 Å². The third-order valence-electron chi connectivity index (χ3n) is 3.34. The van der Waals surface area contributed by atoms with Gasteiger partial charge in [-0.1, -0.05) is 29.5 Å². The quantitative estimate of drug-likeness (QED) is 0.619. The van der Waals surface area contributed by atoms with Gasteiger partial charge in [-0.25, -0.2) is 4.68 Å². The summed E-state index contributed by atoms with van der Waals surface area (Å²) in [6, 6.07) is 12.8. The molecule has 0 saturated carbocycles. The molecule has 128 valence electrons. The summed E-state index contributed by atoms with van der Waals surface area (Å²) in [7, 11) is 0. The van der Waals surface area contributed by atoms with Crippen LogP contribution in [-0.4, -0.2) is 26.8 Å². The minimum absolute atomic E-state index is 0.00377. The Balaban J connectivity index is 1.60. The highest BCUT2D eigenvalue weighted by molar-refractivity contribution is 7.09. The average Bonchev–Trinajstić information content (AvgIpc) is 3.24. The van der Waals surface area contributed by atoms with Crippen molar-refractivity contribution < 1.29 is 9.59 Å². The summed E-state index contributed by atoms with van der Waals surface area (Å²) in [5.41, 5.74) is 6.57. The zero-order valence-electron chi connectivity index (χ0n) is 13.2. The third kappa shape index (κ3) is 4.21. The highest BCUT2D eigenvalue weighted by Crippen LogP contribution is 2.11. The number of rotatable bonds is 6. The molecule has 0 aliphatic carbocycles. The molecule has 9 heteroatoms. The molecule has 0 atom stereocenters. The SMILES string of the molecule is Nc1c(C(=O)NCc2cccs2)nnn1CC(=O)Nc1ccccc1. The largest absolute Gasteiger partial charge is 0.382 e. The molecule has 3 aromatic rings. The number of carbonyl (C=O) groups is 2. The van der Waals surface area contributed by atoms with Gasteiger partial charge in [0, 0.05) is 10.6 Å². The molecule has 0 unspecified atom stereocenters. The van der Waals surface area contributed by atoms with Crippen molar-refractivity contribution in [3.05, 3.63) is 58.4 Å². The van der Waals surface area contributed by atoms with Gasteiger partial charge in [0.2, 0.25) is 5.91 Å². The second-order valence-electron chi connectivity index (χ2n) is 5.16. The third-order valence-corrected chi connectivity index (χ3v) is 4.22. The summed E-state index contributed by atoms with van der Waals surface area (Å²) in [5, 5.41) is 14.9. The van der Waals surface area contributed by atoms with Gasteiger partial charge in [-0.3, -0.25) is 9.59 Å². The number of nitrogens with two attached hydrogens (primary N) is 1. The first-order valence-electron chi connectivity index (χ1n) is 7.48. The summed E-state index contributed by atoms with van der Waals surface area (Å²) in [6.45, 7) is 0.253. The van der Waals surface area contributed by atoms with E-state index in [-0.39, 0.29) is 24.0 Å². The molecule has 4 N–H and O–H groups in total. The van der Waals surface area contributed by atoms with Crippen LogP contribution < -0.4 is 16.4 Å². The molecule has 1 aromatic carbocycles. The van der Waals surface area contributed by atoms with Gasteiger partial charge in [-0.15, -0.1) is 16.4 Å². The van der Waals surface area contributed by atoms with E-state index in [1.165, 1.54) is 16.0 Å². The van der Waals surface area contributed by atoms with Crippen molar-refractivity contribution in [2.45, 2.75) is 13.1 Å². The van der Waals surface area contributed by atoms with Crippen molar-refractivity contribution in [1.82, 2.24) is 20.3 Å². The number of para-hydroxylation sites is 1. The van der Waals surface area contributed by atoms with Crippen LogP contribution in [0.3, 0.4) is 0 Å². The van der Waals surface area contributed by atoms with Crippen molar-refractivity contribution in [2.75, 3.05) is 11.1 Å². The number of carbonyl (C=O) groups excluding carboxylic acids is 2. The molecule has 25 heavy (non-hydrogen) atoms. The highest BCUT2D eigenvalue weighted by Gasteiger charge is 2.18. The van der Waals surface area contributed by atoms with E-state index in [4.69, 9.17) is 5.73 Å². The maximum Gasteiger partial charge on any atom is 0.276 e. The fraction of sp³-hybridized carbons (Fsp3) is 0.125. The summed E-state index contributed by atoms with van der Waals surface area (Å²) < 4.78 is 1.19. The van der Waals surface area contributed by atoms with Crippen LogP contribution in [0, 0.1) is 0 Å². The Kier molecular flexibility index (Phi) is 5.05. The fourth-order valence-electron chi connectivity index (χ4n) is 2.12. The molecule has 0 radical (unpaired) electrons. The predicted molar refractivity (Wildman–Crippen MR) is 95.0 cm³/mol. The normalized spacial score (nSPS) is 10.4. The van der Waals surface area contributed by atoms with E-state index in [0.717, 1.165) is 4.88 Å². The molecule has 0 saturated heterocycles. The minimum Gasteiger partial charge on any atom is -0.382 e. The maximum absolute atomic E-state index is 12.1. The van der Waals surface area contributed by atoms with E-state index in [9.17, 15) is 9.59 Å². The lowest BCUT2D eigenvalue weighted by Gasteiger charge is -2.06. The molecule has 0 aliphatic heterocycles. The van der Waals surface area contributed by atoms with E-state index in [0.29, 0.717) is 12.2 Å². The average molecular weight is 356 g/mol. The number of aromatic nitrogens is 3. The van der Waals surface area contributed by atoms with E-state index in [1.54, 1.807) is 12.1 Å². The van der Waals surface area contributed by atoms with Gasteiger partial charge in [0.25, 0.3) is 5.91 Å². The van der Waals surface area contributed by atoms with Crippen LogP contribution >= 0.6 is 11.3 Å². The van der Waals surface area contributed by atoms with Crippen LogP contribution in [0.4, 0.5) is 11.5 Å². The summed E-state index contributed by atoms with van der Waals surface area (Å²) in [4.78, 5) is 25.2. The number of hydrogen-bond donors (Lipinski definition) is 3. The molecule has 0 bridgehead atoms. The number of benzene rings is 1. The number of nitrogen functional groups attached to an aromatic ring is 1. The Morgan fingerprint density at radius 3 is 2.68 bits per heavy atom. The lowest BCUT2D eigenvalue weighted by atomic mass is 10.3.